The van der Waals surface area contributed by atoms with Gasteiger partial charge < -0.3 is 10.2 Å². The molecule has 0 unspecified atom stereocenters. The van der Waals surface area contributed by atoms with Crippen molar-refractivity contribution in [3.8, 4) is 0 Å². The van der Waals surface area contributed by atoms with Gasteiger partial charge in [-0.2, -0.15) is 0 Å². The zero-order valence-electron chi connectivity index (χ0n) is 11.5. The highest BCUT2D eigenvalue weighted by Crippen LogP contribution is 2.11. The van der Waals surface area contributed by atoms with E-state index < -0.39 is 18.6 Å². The van der Waals surface area contributed by atoms with E-state index in [2.05, 4.69) is 9.97 Å². The number of aliphatic carboxylic acids is 1. The zero-order valence-corrected chi connectivity index (χ0v) is 11.5. The molecule has 2 aromatic rings. The molecule has 0 aliphatic carbocycles. The standard InChI is InChI=1S/C15H17N3O3/c19-11-14(15(20)21)18(9-12-5-1-3-7-16-12)10-13-6-2-4-8-17-13/h1-8,14,19H,9-11H2,(H,20,21)/t14-/m0/s1. The van der Waals surface area contributed by atoms with Gasteiger partial charge in [0.15, 0.2) is 0 Å². The molecular weight excluding hydrogens is 270 g/mol. The van der Waals surface area contributed by atoms with E-state index in [1.165, 1.54) is 0 Å². The number of carboxylic acid groups (broad SMARTS) is 1. The smallest absolute Gasteiger partial charge is 0.323 e. The van der Waals surface area contributed by atoms with Crippen LogP contribution in [-0.2, 0) is 17.9 Å². The summed E-state index contributed by atoms with van der Waals surface area (Å²) < 4.78 is 0. The van der Waals surface area contributed by atoms with E-state index in [4.69, 9.17) is 0 Å². The molecule has 21 heavy (non-hydrogen) atoms. The molecule has 6 heteroatoms. The SMILES string of the molecule is O=C(O)[C@H](CO)N(Cc1ccccn1)Cc1ccccn1. The summed E-state index contributed by atoms with van der Waals surface area (Å²) in [5.74, 6) is -1.07. The van der Waals surface area contributed by atoms with Crippen LogP contribution < -0.4 is 0 Å². The number of carbonyl (C=O) groups is 1. The molecule has 1 atom stereocenters. The molecule has 0 bridgehead atoms. The summed E-state index contributed by atoms with van der Waals surface area (Å²) in [6.45, 7) is 0.193. The number of pyridine rings is 2. The van der Waals surface area contributed by atoms with Gasteiger partial charge in [0.05, 0.1) is 18.0 Å². The number of nitrogens with zero attached hydrogens (tertiary/aromatic N) is 3. The largest absolute Gasteiger partial charge is 0.480 e. The van der Waals surface area contributed by atoms with Crippen molar-refractivity contribution in [1.29, 1.82) is 0 Å². The summed E-state index contributed by atoms with van der Waals surface area (Å²) in [5, 5.41) is 18.6. The molecule has 0 radical (unpaired) electrons. The number of rotatable bonds is 7. The van der Waals surface area contributed by atoms with Crippen molar-refractivity contribution < 1.29 is 15.0 Å². The number of aromatic nitrogens is 2. The Bertz CT molecular complexity index is 521. The Labute approximate surface area is 122 Å². The van der Waals surface area contributed by atoms with Crippen LogP contribution in [0.15, 0.2) is 48.8 Å². The van der Waals surface area contributed by atoms with E-state index in [9.17, 15) is 15.0 Å². The van der Waals surface area contributed by atoms with Gasteiger partial charge in [-0.15, -0.1) is 0 Å². The number of carboxylic acids is 1. The van der Waals surface area contributed by atoms with Crippen LogP contribution in [-0.4, -0.2) is 43.7 Å². The van der Waals surface area contributed by atoms with Crippen LogP contribution in [0.4, 0.5) is 0 Å². The van der Waals surface area contributed by atoms with Gasteiger partial charge in [-0.1, -0.05) is 12.1 Å². The van der Waals surface area contributed by atoms with Crippen molar-refractivity contribution in [3.63, 3.8) is 0 Å². The van der Waals surface area contributed by atoms with E-state index in [0.29, 0.717) is 13.1 Å². The van der Waals surface area contributed by atoms with E-state index in [1.54, 1.807) is 29.4 Å². The zero-order chi connectivity index (χ0) is 15.1. The highest BCUT2D eigenvalue weighted by Gasteiger charge is 2.25. The van der Waals surface area contributed by atoms with Gasteiger partial charge in [0, 0.05) is 25.5 Å². The first kappa shape index (κ1) is 15.1. The van der Waals surface area contributed by atoms with Crippen molar-refractivity contribution in [2.24, 2.45) is 0 Å². The summed E-state index contributed by atoms with van der Waals surface area (Å²) >= 11 is 0. The molecule has 0 spiro atoms. The Hall–Kier alpha value is -2.31. The van der Waals surface area contributed by atoms with Crippen molar-refractivity contribution in [2.75, 3.05) is 6.61 Å². The molecule has 0 aliphatic heterocycles. The van der Waals surface area contributed by atoms with Crippen LogP contribution in [0.25, 0.3) is 0 Å². The van der Waals surface area contributed by atoms with Crippen molar-refractivity contribution in [3.05, 3.63) is 60.2 Å². The molecule has 0 fully saturated rings. The van der Waals surface area contributed by atoms with Crippen LogP contribution in [0.2, 0.25) is 0 Å². The van der Waals surface area contributed by atoms with Crippen LogP contribution in [0, 0.1) is 0 Å². The van der Waals surface area contributed by atoms with Gasteiger partial charge in [0.1, 0.15) is 6.04 Å². The fraction of sp³-hybridized carbons (Fsp3) is 0.267. The third-order valence-corrected chi connectivity index (χ3v) is 3.08. The summed E-state index contributed by atoms with van der Waals surface area (Å²) in [4.78, 5) is 21.4. The maximum absolute atomic E-state index is 11.3. The molecule has 0 saturated carbocycles. The van der Waals surface area contributed by atoms with E-state index in [1.807, 2.05) is 24.3 Å². The Morgan fingerprint density at radius 2 is 1.57 bits per heavy atom. The number of hydrogen-bond donors (Lipinski definition) is 2. The van der Waals surface area contributed by atoms with Gasteiger partial charge in [0.2, 0.25) is 0 Å². The second-order valence-electron chi connectivity index (χ2n) is 4.58. The van der Waals surface area contributed by atoms with Crippen LogP contribution in [0.5, 0.6) is 0 Å². The Morgan fingerprint density at radius 3 is 1.90 bits per heavy atom. The molecule has 110 valence electrons. The Kier molecular flexibility index (Phi) is 5.36. The van der Waals surface area contributed by atoms with Gasteiger partial charge in [-0.05, 0) is 24.3 Å². The third-order valence-electron chi connectivity index (χ3n) is 3.08. The normalized spacial score (nSPS) is 12.3. The first-order valence-corrected chi connectivity index (χ1v) is 6.58. The van der Waals surface area contributed by atoms with Crippen molar-refractivity contribution in [2.45, 2.75) is 19.1 Å². The lowest BCUT2D eigenvalue weighted by Crippen LogP contribution is -2.43. The first-order chi connectivity index (χ1) is 10.2. The molecule has 2 heterocycles. The molecule has 2 N–H and O–H groups in total. The van der Waals surface area contributed by atoms with E-state index in [0.717, 1.165) is 11.4 Å². The monoisotopic (exact) mass is 287 g/mol. The highest BCUT2D eigenvalue weighted by atomic mass is 16.4. The maximum Gasteiger partial charge on any atom is 0.323 e. The predicted molar refractivity (Wildman–Crippen MR) is 76.2 cm³/mol. The topological polar surface area (TPSA) is 86.5 Å². The van der Waals surface area contributed by atoms with Crippen LogP contribution in [0.3, 0.4) is 0 Å². The van der Waals surface area contributed by atoms with Crippen molar-refractivity contribution >= 4 is 5.97 Å². The Balaban J connectivity index is 2.19. The summed E-state index contributed by atoms with van der Waals surface area (Å²) in [6, 6.07) is 9.93. The lowest BCUT2D eigenvalue weighted by atomic mass is 10.2. The lowest BCUT2D eigenvalue weighted by molar-refractivity contribution is -0.145. The molecule has 0 saturated heterocycles. The van der Waals surface area contributed by atoms with Crippen LogP contribution >= 0.6 is 0 Å². The van der Waals surface area contributed by atoms with Gasteiger partial charge in [0.25, 0.3) is 0 Å². The average Bonchev–Trinajstić information content (AvgIpc) is 2.49. The fourth-order valence-corrected chi connectivity index (χ4v) is 2.03. The number of aliphatic hydroxyl groups is 1. The fourth-order valence-electron chi connectivity index (χ4n) is 2.03. The summed E-state index contributed by atoms with van der Waals surface area (Å²) in [5.41, 5.74) is 1.49. The summed E-state index contributed by atoms with van der Waals surface area (Å²) in [6.07, 6.45) is 3.31. The lowest BCUT2D eigenvalue weighted by Gasteiger charge is -2.26. The molecule has 0 amide bonds. The van der Waals surface area contributed by atoms with Crippen LogP contribution in [0.1, 0.15) is 11.4 Å². The minimum Gasteiger partial charge on any atom is -0.480 e. The second-order valence-corrected chi connectivity index (χ2v) is 4.58. The van der Waals surface area contributed by atoms with Gasteiger partial charge in [-0.3, -0.25) is 19.7 Å². The molecule has 2 rings (SSSR count). The number of aliphatic hydroxyl groups excluding tert-OH is 1. The Morgan fingerprint density at radius 1 is 1.05 bits per heavy atom. The van der Waals surface area contributed by atoms with E-state index in [-0.39, 0.29) is 0 Å². The van der Waals surface area contributed by atoms with Gasteiger partial charge >= 0.3 is 5.97 Å². The number of hydrogen-bond acceptors (Lipinski definition) is 5. The molecule has 6 nitrogen and oxygen atoms in total. The average molecular weight is 287 g/mol. The van der Waals surface area contributed by atoms with Crippen molar-refractivity contribution in [1.82, 2.24) is 14.9 Å². The maximum atomic E-state index is 11.3. The summed E-state index contributed by atoms with van der Waals surface area (Å²) in [7, 11) is 0. The quantitative estimate of drug-likeness (QED) is 0.787. The van der Waals surface area contributed by atoms with Gasteiger partial charge in [-0.25, -0.2) is 0 Å². The molecule has 0 aliphatic rings. The minimum atomic E-state index is -1.07. The molecule has 0 aromatic carbocycles. The highest BCUT2D eigenvalue weighted by molar-refractivity contribution is 5.73. The predicted octanol–water partition coefficient (Wildman–Crippen LogP) is 0.924. The third kappa shape index (κ3) is 4.34. The van der Waals surface area contributed by atoms with E-state index >= 15 is 0 Å². The first-order valence-electron chi connectivity index (χ1n) is 6.58. The second kappa shape index (κ2) is 7.47. The molecular formula is C15H17N3O3. The molecule has 2 aromatic heterocycles. The minimum absolute atomic E-state index is 0.328.